The summed E-state index contributed by atoms with van der Waals surface area (Å²) in [5.41, 5.74) is 2.96. The molecule has 35 heavy (non-hydrogen) atoms. The summed E-state index contributed by atoms with van der Waals surface area (Å²) in [7, 11) is 1.91. The van der Waals surface area contributed by atoms with Crippen molar-refractivity contribution in [1.29, 1.82) is 0 Å². The van der Waals surface area contributed by atoms with Crippen molar-refractivity contribution in [3.63, 3.8) is 0 Å². The lowest BCUT2D eigenvalue weighted by molar-refractivity contribution is -0.135. The molecule has 186 valence electrons. The summed E-state index contributed by atoms with van der Waals surface area (Å²) in [5.74, 6) is 2.23. The van der Waals surface area contributed by atoms with E-state index in [1.165, 1.54) is 18.4 Å². The zero-order valence-corrected chi connectivity index (χ0v) is 20.6. The van der Waals surface area contributed by atoms with Gasteiger partial charge in [-0.05, 0) is 80.7 Å². The number of hydrogen-bond donors (Lipinski definition) is 1. The van der Waals surface area contributed by atoms with Gasteiger partial charge in [0.05, 0.1) is 16.8 Å². The van der Waals surface area contributed by atoms with Crippen LogP contribution in [0.25, 0.3) is 0 Å². The highest BCUT2D eigenvalue weighted by Crippen LogP contribution is 2.45. The first-order valence-corrected chi connectivity index (χ1v) is 13.2. The van der Waals surface area contributed by atoms with Gasteiger partial charge in [-0.2, -0.15) is 0 Å². The molecule has 1 saturated carbocycles. The van der Waals surface area contributed by atoms with Gasteiger partial charge in [0.25, 0.3) is 5.91 Å². The molecule has 1 aromatic carbocycles. The van der Waals surface area contributed by atoms with Crippen molar-refractivity contribution in [2.45, 2.75) is 56.8 Å². The van der Waals surface area contributed by atoms with E-state index in [0.29, 0.717) is 23.5 Å². The maximum Gasteiger partial charge on any atom is 0.291 e. The highest BCUT2D eigenvalue weighted by Gasteiger charge is 2.47. The van der Waals surface area contributed by atoms with E-state index in [1.807, 2.05) is 18.0 Å². The summed E-state index contributed by atoms with van der Waals surface area (Å²) >= 11 is 0. The highest BCUT2D eigenvalue weighted by atomic mass is 16.5. The number of amides is 2. The Morgan fingerprint density at radius 2 is 1.71 bits per heavy atom. The lowest BCUT2D eigenvalue weighted by Crippen LogP contribution is -2.44. The predicted molar refractivity (Wildman–Crippen MR) is 134 cm³/mol. The molecule has 0 radical (unpaired) electrons. The zero-order valence-electron chi connectivity index (χ0n) is 20.6. The highest BCUT2D eigenvalue weighted by molar-refractivity contribution is 6.04. The Morgan fingerprint density at radius 3 is 2.40 bits per heavy atom. The largest absolute Gasteiger partial charge is 0.456 e. The van der Waals surface area contributed by atoms with Crippen molar-refractivity contribution in [1.82, 2.24) is 4.90 Å². The van der Waals surface area contributed by atoms with Crippen LogP contribution in [0, 0.1) is 5.41 Å². The van der Waals surface area contributed by atoms with Crippen molar-refractivity contribution in [3.8, 4) is 0 Å². The number of carbonyl (C=O) groups is 2. The molecule has 7 nitrogen and oxygen atoms in total. The van der Waals surface area contributed by atoms with Gasteiger partial charge in [-0.25, -0.2) is 0 Å². The topological polar surface area (TPSA) is 75.0 Å². The Morgan fingerprint density at radius 1 is 0.971 bits per heavy atom. The second-order valence-electron chi connectivity index (χ2n) is 10.8. The molecule has 1 N–H and O–H groups in total. The summed E-state index contributed by atoms with van der Waals surface area (Å²) < 4.78 is 11.5. The summed E-state index contributed by atoms with van der Waals surface area (Å²) in [6.45, 7) is 3.97. The molecule has 1 aromatic heterocycles. The van der Waals surface area contributed by atoms with Crippen LogP contribution in [0.4, 0.5) is 11.4 Å². The maximum absolute atomic E-state index is 13.2. The Labute approximate surface area is 206 Å². The Balaban J connectivity index is 1.20. The number of piperidine rings is 1. The van der Waals surface area contributed by atoms with Gasteiger partial charge in [-0.15, -0.1) is 0 Å². The summed E-state index contributed by atoms with van der Waals surface area (Å²) in [6, 6.07) is 10.2. The van der Waals surface area contributed by atoms with Crippen molar-refractivity contribution in [3.05, 3.63) is 47.4 Å². The van der Waals surface area contributed by atoms with Crippen LogP contribution >= 0.6 is 0 Å². The monoisotopic (exact) mass is 477 g/mol. The lowest BCUT2D eigenvalue weighted by Gasteiger charge is -2.39. The number of nitrogens with one attached hydrogen (secondary N) is 1. The standard InChI is InChI=1S/C28H35N3O4/c1-30-13-10-28(27(30)33)11-14-31(15-12-28)23-5-4-21(19-2-3-19)18-22(23)29-26(32)25-7-6-24(35-25)20-8-16-34-17-9-20/h4-7,18-20H,2-3,8-17H2,1H3,(H,29,32). The minimum Gasteiger partial charge on any atom is -0.456 e. The molecule has 2 amide bonds. The van der Waals surface area contributed by atoms with Gasteiger partial charge >= 0.3 is 0 Å². The van der Waals surface area contributed by atoms with Gasteiger partial charge in [0.1, 0.15) is 5.76 Å². The Hall–Kier alpha value is -2.80. The third kappa shape index (κ3) is 4.35. The van der Waals surface area contributed by atoms with Crippen LogP contribution in [-0.4, -0.2) is 56.6 Å². The van der Waals surface area contributed by atoms with Gasteiger partial charge in [0.2, 0.25) is 5.91 Å². The normalized spacial score (nSPS) is 22.7. The molecule has 4 heterocycles. The zero-order chi connectivity index (χ0) is 24.0. The van der Waals surface area contributed by atoms with Gasteiger partial charge < -0.3 is 24.3 Å². The molecule has 0 atom stereocenters. The molecule has 7 heteroatoms. The number of nitrogens with zero attached hydrogens (tertiary/aromatic N) is 2. The average molecular weight is 478 g/mol. The van der Waals surface area contributed by atoms with Crippen molar-refractivity contribution < 1.29 is 18.7 Å². The number of carbonyl (C=O) groups excluding carboxylic acids is 2. The van der Waals surface area contributed by atoms with Crippen LogP contribution in [0.3, 0.4) is 0 Å². The van der Waals surface area contributed by atoms with E-state index >= 15 is 0 Å². The van der Waals surface area contributed by atoms with Crippen LogP contribution in [0.2, 0.25) is 0 Å². The van der Waals surface area contributed by atoms with Crippen molar-refractivity contribution in [2.24, 2.45) is 5.41 Å². The smallest absolute Gasteiger partial charge is 0.291 e. The number of benzene rings is 1. The van der Waals surface area contributed by atoms with E-state index < -0.39 is 0 Å². The first-order chi connectivity index (χ1) is 17.0. The van der Waals surface area contributed by atoms with Crippen LogP contribution in [0.15, 0.2) is 34.7 Å². The van der Waals surface area contributed by atoms with Crippen molar-refractivity contribution in [2.75, 3.05) is 50.1 Å². The SMILES string of the molecule is CN1CCC2(CCN(c3ccc(C4CC4)cc3NC(=O)c3ccc(C4CCOCC4)o3)CC2)C1=O. The molecule has 0 bridgehead atoms. The average Bonchev–Trinajstić information content (AvgIpc) is 3.56. The van der Waals surface area contributed by atoms with E-state index in [-0.39, 0.29) is 11.3 Å². The number of furan rings is 1. The third-order valence-electron chi connectivity index (χ3n) is 8.58. The van der Waals surface area contributed by atoms with E-state index in [0.717, 1.165) is 82.1 Å². The van der Waals surface area contributed by atoms with E-state index in [9.17, 15) is 9.59 Å². The second-order valence-corrected chi connectivity index (χ2v) is 10.8. The Bertz CT molecular complexity index is 1110. The van der Waals surface area contributed by atoms with Crippen LogP contribution in [-0.2, 0) is 9.53 Å². The quantitative estimate of drug-likeness (QED) is 0.673. The molecule has 6 rings (SSSR count). The van der Waals surface area contributed by atoms with Gasteiger partial charge in [-0.3, -0.25) is 9.59 Å². The number of anilines is 2. The van der Waals surface area contributed by atoms with Crippen LogP contribution in [0.1, 0.15) is 78.7 Å². The van der Waals surface area contributed by atoms with E-state index in [4.69, 9.17) is 9.15 Å². The second kappa shape index (κ2) is 9.01. The summed E-state index contributed by atoms with van der Waals surface area (Å²) in [4.78, 5) is 30.2. The van der Waals surface area contributed by atoms with Crippen LogP contribution in [0.5, 0.6) is 0 Å². The van der Waals surface area contributed by atoms with E-state index in [2.05, 4.69) is 28.4 Å². The first kappa shape index (κ1) is 22.7. The number of ether oxygens (including phenoxy) is 1. The molecule has 0 unspecified atom stereocenters. The molecular formula is C28H35N3O4. The fourth-order valence-electron chi connectivity index (χ4n) is 6.10. The number of rotatable bonds is 5. The molecule has 4 aliphatic rings. The molecule has 1 spiro atoms. The van der Waals surface area contributed by atoms with Crippen molar-refractivity contribution >= 4 is 23.2 Å². The van der Waals surface area contributed by atoms with Gasteiger partial charge in [0.15, 0.2) is 5.76 Å². The minimum absolute atomic E-state index is 0.197. The Kier molecular flexibility index (Phi) is 5.83. The molecule has 3 aliphatic heterocycles. The maximum atomic E-state index is 13.2. The number of likely N-dealkylation sites (tertiary alicyclic amines) is 1. The van der Waals surface area contributed by atoms with Crippen LogP contribution < -0.4 is 10.2 Å². The minimum atomic E-state index is -0.210. The van der Waals surface area contributed by atoms with E-state index in [1.54, 1.807) is 6.07 Å². The summed E-state index contributed by atoms with van der Waals surface area (Å²) in [5, 5.41) is 3.17. The first-order valence-electron chi connectivity index (χ1n) is 13.2. The molecule has 3 saturated heterocycles. The fourth-order valence-corrected chi connectivity index (χ4v) is 6.10. The predicted octanol–water partition coefficient (Wildman–Crippen LogP) is 4.75. The summed E-state index contributed by atoms with van der Waals surface area (Å²) in [6.07, 6.45) is 6.95. The molecule has 4 fully saturated rings. The fraction of sp³-hybridized carbons (Fsp3) is 0.571. The molecular weight excluding hydrogens is 442 g/mol. The number of hydrogen-bond acceptors (Lipinski definition) is 5. The lowest BCUT2D eigenvalue weighted by atomic mass is 9.77. The van der Waals surface area contributed by atoms with Gasteiger partial charge in [-0.1, -0.05) is 6.07 Å². The third-order valence-corrected chi connectivity index (χ3v) is 8.58. The molecule has 1 aliphatic carbocycles. The van der Waals surface area contributed by atoms with Gasteiger partial charge in [0, 0.05) is 45.8 Å². The molecule has 2 aromatic rings.